The maximum atomic E-state index is 5.62. The molecular formula is C16H23N5O. The summed E-state index contributed by atoms with van der Waals surface area (Å²) < 4.78 is 5.62. The summed E-state index contributed by atoms with van der Waals surface area (Å²) in [5, 5.41) is 13.6. The summed E-state index contributed by atoms with van der Waals surface area (Å²) in [7, 11) is 0. The quantitative estimate of drug-likeness (QED) is 0.918. The molecule has 6 heteroatoms. The number of hydrogen-bond acceptors (Lipinski definition) is 5. The van der Waals surface area contributed by atoms with Gasteiger partial charge in [-0.1, -0.05) is 31.2 Å². The highest BCUT2D eigenvalue weighted by Gasteiger charge is 2.25. The van der Waals surface area contributed by atoms with Gasteiger partial charge in [0.25, 0.3) is 0 Å². The van der Waals surface area contributed by atoms with Crippen molar-refractivity contribution >= 4 is 0 Å². The second-order valence-corrected chi connectivity index (χ2v) is 6.70. The summed E-state index contributed by atoms with van der Waals surface area (Å²) in [6, 6.07) is 8.27. The summed E-state index contributed by atoms with van der Waals surface area (Å²) in [5.74, 6) is 1.38. The zero-order valence-corrected chi connectivity index (χ0v) is 13.2. The van der Waals surface area contributed by atoms with Gasteiger partial charge in [-0.05, 0) is 49.0 Å². The molecule has 0 aliphatic carbocycles. The first-order chi connectivity index (χ1) is 10.6. The number of ether oxygens (including phenoxy) is 1. The first-order valence-electron chi connectivity index (χ1n) is 7.77. The normalized spacial score (nSPS) is 18.3. The van der Waals surface area contributed by atoms with Crippen molar-refractivity contribution in [2.45, 2.75) is 39.8 Å². The van der Waals surface area contributed by atoms with Gasteiger partial charge in [0.1, 0.15) is 5.75 Å². The molecule has 0 spiro atoms. The number of benzene rings is 1. The maximum Gasteiger partial charge on any atom is 0.211 e. The number of H-pyrrole nitrogens is 1. The largest absolute Gasteiger partial charge is 0.485 e. The van der Waals surface area contributed by atoms with E-state index in [1.165, 1.54) is 31.5 Å². The van der Waals surface area contributed by atoms with Crippen molar-refractivity contribution in [1.82, 2.24) is 25.5 Å². The Hall–Kier alpha value is -1.95. The van der Waals surface area contributed by atoms with Gasteiger partial charge in [-0.3, -0.25) is 4.90 Å². The molecule has 0 bridgehead atoms. The summed E-state index contributed by atoms with van der Waals surface area (Å²) >= 11 is 0. The van der Waals surface area contributed by atoms with Crippen molar-refractivity contribution in [1.29, 1.82) is 0 Å². The number of aromatic nitrogens is 4. The molecule has 1 saturated heterocycles. The van der Waals surface area contributed by atoms with Crippen molar-refractivity contribution in [3.8, 4) is 5.75 Å². The average Bonchev–Trinajstić information content (AvgIpc) is 3.02. The third-order valence-corrected chi connectivity index (χ3v) is 4.30. The van der Waals surface area contributed by atoms with E-state index in [1.807, 2.05) is 12.1 Å². The van der Waals surface area contributed by atoms with Gasteiger partial charge >= 0.3 is 0 Å². The standard InChI is InChI=1S/C16H23N5O/c1-16(2)7-9-21(10-8-16)11-13-3-5-14(6-4-13)22-12-15-17-19-20-18-15/h3-6H,7-12H2,1-2H3,(H,17,18,19,20). The van der Waals surface area contributed by atoms with Crippen molar-refractivity contribution < 1.29 is 4.74 Å². The Balaban J connectivity index is 1.49. The number of hydrogen-bond donors (Lipinski definition) is 1. The van der Waals surface area contributed by atoms with E-state index in [0.29, 0.717) is 17.8 Å². The zero-order valence-electron chi connectivity index (χ0n) is 13.2. The fourth-order valence-corrected chi connectivity index (χ4v) is 2.66. The number of piperidine rings is 1. The highest BCUT2D eigenvalue weighted by molar-refractivity contribution is 5.27. The molecule has 1 N–H and O–H groups in total. The minimum atomic E-state index is 0.330. The molecule has 2 aromatic rings. The lowest BCUT2D eigenvalue weighted by Crippen LogP contribution is -2.36. The second kappa shape index (κ2) is 6.44. The van der Waals surface area contributed by atoms with Gasteiger partial charge in [0.2, 0.25) is 5.82 Å². The van der Waals surface area contributed by atoms with Gasteiger partial charge in [-0.25, -0.2) is 0 Å². The van der Waals surface area contributed by atoms with E-state index in [1.54, 1.807) is 0 Å². The molecule has 22 heavy (non-hydrogen) atoms. The van der Waals surface area contributed by atoms with E-state index in [4.69, 9.17) is 4.74 Å². The number of tetrazole rings is 1. The molecule has 0 atom stereocenters. The van der Waals surface area contributed by atoms with Gasteiger partial charge in [-0.15, -0.1) is 10.2 Å². The fraction of sp³-hybridized carbons (Fsp3) is 0.562. The first-order valence-corrected chi connectivity index (χ1v) is 7.77. The van der Waals surface area contributed by atoms with Gasteiger partial charge in [0, 0.05) is 6.54 Å². The molecule has 1 aliphatic rings. The van der Waals surface area contributed by atoms with Crippen LogP contribution in [0.1, 0.15) is 38.1 Å². The van der Waals surface area contributed by atoms with Crippen LogP contribution in [0.15, 0.2) is 24.3 Å². The van der Waals surface area contributed by atoms with Crippen LogP contribution < -0.4 is 4.74 Å². The first kappa shape index (κ1) is 15.0. The van der Waals surface area contributed by atoms with Crippen molar-refractivity contribution in [2.24, 2.45) is 5.41 Å². The maximum absolute atomic E-state index is 5.62. The number of nitrogens with zero attached hydrogens (tertiary/aromatic N) is 4. The van der Waals surface area contributed by atoms with E-state index < -0.39 is 0 Å². The summed E-state index contributed by atoms with van der Waals surface area (Å²) in [5.41, 5.74) is 1.83. The molecule has 2 heterocycles. The van der Waals surface area contributed by atoms with Crippen molar-refractivity contribution in [2.75, 3.05) is 13.1 Å². The van der Waals surface area contributed by atoms with E-state index in [0.717, 1.165) is 12.3 Å². The highest BCUT2D eigenvalue weighted by Crippen LogP contribution is 2.30. The predicted molar refractivity (Wildman–Crippen MR) is 83.2 cm³/mol. The lowest BCUT2D eigenvalue weighted by Gasteiger charge is -2.36. The lowest BCUT2D eigenvalue weighted by atomic mass is 9.82. The van der Waals surface area contributed by atoms with Crippen LogP contribution in [0.5, 0.6) is 5.75 Å². The Morgan fingerprint density at radius 2 is 1.91 bits per heavy atom. The van der Waals surface area contributed by atoms with E-state index in [9.17, 15) is 0 Å². The zero-order chi connectivity index (χ0) is 15.4. The summed E-state index contributed by atoms with van der Waals surface area (Å²) in [6.07, 6.45) is 2.55. The Labute approximate surface area is 130 Å². The Bertz CT molecular complexity index is 569. The van der Waals surface area contributed by atoms with Crippen LogP contribution in [0, 0.1) is 5.41 Å². The van der Waals surface area contributed by atoms with Gasteiger partial charge in [-0.2, -0.15) is 5.21 Å². The number of rotatable bonds is 5. The van der Waals surface area contributed by atoms with E-state index in [-0.39, 0.29) is 0 Å². The number of aromatic amines is 1. The Morgan fingerprint density at radius 3 is 2.55 bits per heavy atom. The molecular weight excluding hydrogens is 278 g/mol. The molecule has 118 valence electrons. The molecule has 0 radical (unpaired) electrons. The third-order valence-electron chi connectivity index (χ3n) is 4.30. The monoisotopic (exact) mass is 301 g/mol. The topological polar surface area (TPSA) is 66.9 Å². The van der Waals surface area contributed by atoms with Crippen LogP contribution in [-0.4, -0.2) is 38.6 Å². The number of nitrogens with one attached hydrogen (secondary N) is 1. The lowest BCUT2D eigenvalue weighted by molar-refractivity contribution is 0.127. The van der Waals surface area contributed by atoms with Crippen molar-refractivity contribution in [3.05, 3.63) is 35.7 Å². The Morgan fingerprint density at radius 1 is 1.18 bits per heavy atom. The van der Waals surface area contributed by atoms with Gasteiger partial charge in [0.15, 0.2) is 6.61 Å². The van der Waals surface area contributed by atoms with Crippen molar-refractivity contribution in [3.63, 3.8) is 0 Å². The molecule has 1 aromatic heterocycles. The molecule has 6 nitrogen and oxygen atoms in total. The molecule has 1 aliphatic heterocycles. The molecule has 3 rings (SSSR count). The SMILES string of the molecule is CC1(C)CCN(Cc2ccc(OCc3nn[nH]n3)cc2)CC1. The summed E-state index contributed by atoms with van der Waals surface area (Å²) in [4.78, 5) is 2.53. The third kappa shape index (κ3) is 4.04. The van der Waals surface area contributed by atoms with Crippen LogP contribution in [0.4, 0.5) is 0 Å². The smallest absolute Gasteiger partial charge is 0.211 e. The van der Waals surface area contributed by atoms with E-state index in [2.05, 4.69) is 51.5 Å². The highest BCUT2D eigenvalue weighted by atomic mass is 16.5. The van der Waals surface area contributed by atoms with Gasteiger partial charge < -0.3 is 4.74 Å². The average molecular weight is 301 g/mol. The number of likely N-dealkylation sites (tertiary alicyclic amines) is 1. The van der Waals surface area contributed by atoms with Crippen LogP contribution in [0.2, 0.25) is 0 Å². The predicted octanol–water partition coefficient (Wildman–Crippen LogP) is 2.40. The molecule has 1 aromatic carbocycles. The molecule has 0 saturated carbocycles. The van der Waals surface area contributed by atoms with Crippen LogP contribution in [0.3, 0.4) is 0 Å². The molecule has 0 unspecified atom stereocenters. The molecule has 1 fully saturated rings. The fourth-order valence-electron chi connectivity index (χ4n) is 2.66. The van der Waals surface area contributed by atoms with Crippen LogP contribution >= 0.6 is 0 Å². The van der Waals surface area contributed by atoms with Crippen LogP contribution in [-0.2, 0) is 13.2 Å². The second-order valence-electron chi connectivity index (χ2n) is 6.70. The summed E-state index contributed by atoms with van der Waals surface area (Å²) in [6.45, 7) is 8.44. The van der Waals surface area contributed by atoms with E-state index >= 15 is 0 Å². The molecule has 0 amide bonds. The minimum absolute atomic E-state index is 0.330. The minimum Gasteiger partial charge on any atom is -0.485 e. The van der Waals surface area contributed by atoms with Crippen LogP contribution in [0.25, 0.3) is 0 Å². The Kier molecular flexibility index (Phi) is 4.38. The van der Waals surface area contributed by atoms with Gasteiger partial charge in [0.05, 0.1) is 0 Å².